The van der Waals surface area contributed by atoms with Crippen LogP contribution < -0.4 is 14.4 Å². The minimum absolute atomic E-state index is 0.0481. The van der Waals surface area contributed by atoms with Crippen molar-refractivity contribution in [3.05, 3.63) is 82.5 Å². The molecule has 1 saturated heterocycles. The number of anilines is 1. The molecule has 9 nitrogen and oxygen atoms in total. The number of nitriles is 1. The molecule has 2 fully saturated rings. The number of aromatic carboxylic acids is 1. The molecule has 10 heteroatoms. The third-order valence-corrected chi connectivity index (χ3v) is 9.83. The summed E-state index contributed by atoms with van der Waals surface area (Å²) in [6, 6.07) is 18.9. The van der Waals surface area contributed by atoms with E-state index in [2.05, 4.69) is 21.6 Å². The Hall–Kier alpha value is -4.55. The molecule has 1 N–H and O–H groups in total. The number of hydrogen-bond donors (Lipinski definition) is 1. The summed E-state index contributed by atoms with van der Waals surface area (Å²) in [6.45, 7) is 2.78. The maximum absolute atomic E-state index is 11.7. The lowest BCUT2D eigenvalue weighted by Crippen LogP contribution is -2.57. The molecule has 1 aliphatic heterocycles. The Bertz CT molecular complexity index is 1870. The van der Waals surface area contributed by atoms with Gasteiger partial charge in [-0.2, -0.15) is 5.26 Å². The minimum Gasteiger partial charge on any atom is -0.496 e. The van der Waals surface area contributed by atoms with Crippen molar-refractivity contribution < 1.29 is 19.4 Å². The second-order valence-electron chi connectivity index (χ2n) is 12.7. The van der Waals surface area contributed by atoms with Gasteiger partial charge in [0.25, 0.3) is 0 Å². The van der Waals surface area contributed by atoms with Crippen LogP contribution in [0.25, 0.3) is 16.6 Å². The van der Waals surface area contributed by atoms with Gasteiger partial charge in [0.2, 0.25) is 11.8 Å². The summed E-state index contributed by atoms with van der Waals surface area (Å²) in [5.74, 6) is 1.17. The zero-order chi connectivity index (χ0) is 31.2. The molecule has 0 atom stereocenters. The number of benzene rings is 2. The Balaban J connectivity index is 1.05. The quantitative estimate of drug-likeness (QED) is 0.198. The van der Waals surface area contributed by atoms with Crippen LogP contribution in [0.1, 0.15) is 60.1 Å². The van der Waals surface area contributed by atoms with Gasteiger partial charge in [0, 0.05) is 53.5 Å². The molecule has 1 saturated carbocycles. The molecular formula is C35H34ClN5O4. The summed E-state index contributed by atoms with van der Waals surface area (Å²) in [6.07, 6.45) is 7.76. The van der Waals surface area contributed by atoms with Gasteiger partial charge in [-0.05, 0) is 74.1 Å². The van der Waals surface area contributed by atoms with Crippen molar-refractivity contribution in [3.8, 4) is 17.7 Å². The lowest BCUT2D eigenvalue weighted by atomic mass is 9.69. The number of imidazole rings is 1. The Morgan fingerprint density at radius 1 is 1.11 bits per heavy atom. The lowest BCUT2D eigenvalue weighted by Gasteiger charge is -2.52. The first-order valence-electron chi connectivity index (χ1n) is 15.3. The molecule has 2 aliphatic carbocycles. The Labute approximate surface area is 266 Å². The van der Waals surface area contributed by atoms with E-state index in [1.54, 1.807) is 31.4 Å². The predicted octanol–water partition coefficient (Wildman–Crippen LogP) is 7.14. The summed E-state index contributed by atoms with van der Waals surface area (Å²) in [5, 5.41) is 19.7. The van der Waals surface area contributed by atoms with Gasteiger partial charge in [-0.3, -0.25) is 0 Å². The van der Waals surface area contributed by atoms with E-state index >= 15 is 0 Å². The molecule has 0 radical (unpaired) electrons. The number of carboxylic acids is 1. The molecule has 4 aromatic rings. The standard InChI is InChI=1S/C35H34ClN5O4/c1-44-30-18-26(36)7-5-25(30)19-45-31-4-2-3-27(38-31)23-9-11-35(12-10-23)20-40(21-35)33-39-28-8-6-24(32(42)43)17-29(28)41(33)22-34(13-14-34)15-16-37/h2-9,17-18H,10-15,19-22H2,1H3,(H,42,43). The van der Waals surface area contributed by atoms with E-state index < -0.39 is 5.97 Å². The normalized spacial score (nSPS) is 17.8. The molecule has 0 bridgehead atoms. The van der Waals surface area contributed by atoms with Crippen LogP contribution in [0.3, 0.4) is 0 Å². The van der Waals surface area contributed by atoms with E-state index in [-0.39, 0.29) is 16.4 Å². The average Bonchev–Trinajstić information content (AvgIpc) is 3.71. The van der Waals surface area contributed by atoms with Crippen molar-refractivity contribution >= 4 is 40.1 Å². The minimum atomic E-state index is -0.953. The van der Waals surface area contributed by atoms with Crippen LogP contribution in [0, 0.1) is 22.2 Å². The fourth-order valence-electron chi connectivity index (χ4n) is 6.74. The largest absolute Gasteiger partial charge is 0.496 e. The van der Waals surface area contributed by atoms with Gasteiger partial charge >= 0.3 is 5.97 Å². The van der Waals surface area contributed by atoms with Gasteiger partial charge in [-0.25, -0.2) is 14.8 Å². The van der Waals surface area contributed by atoms with Crippen LogP contribution in [0.2, 0.25) is 5.02 Å². The molecule has 45 heavy (non-hydrogen) atoms. The molecule has 7 rings (SSSR count). The highest BCUT2D eigenvalue weighted by Crippen LogP contribution is 2.52. The number of pyridine rings is 1. The number of methoxy groups -OCH3 is 1. The number of fused-ring (bicyclic) bond motifs is 1. The number of rotatable bonds is 10. The molecule has 2 aromatic heterocycles. The molecule has 2 aromatic carbocycles. The Morgan fingerprint density at radius 2 is 1.96 bits per heavy atom. The van der Waals surface area contributed by atoms with Crippen molar-refractivity contribution in [1.82, 2.24) is 14.5 Å². The fourth-order valence-corrected chi connectivity index (χ4v) is 6.90. The van der Waals surface area contributed by atoms with E-state index in [1.807, 2.05) is 30.3 Å². The first-order chi connectivity index (χ1) is 21.8. The van der Waals surface area contributed by atoms with Crippen LogP contribution in [0.4, 0.5) is 5.95 Å². The highest BCUT2D eigenvalue weighted by molar-refractivity contribution is 6.30. The summed E-state index contributed by atoms with van der Waals surface area (Å²) in [7, 11) is 1.62. The van der Waals surface area contributed by atoms with Crippen molar-refractivity contribution in [2.75, 3.05) is 25.1 Å². The number of nitrogens with zero attached hydrogens (tertiary/aromatic N) is 5. The van der Waals surface area contributed by atoms with Gasteiger partial charge < -0.3 is 24.0 Å². The predicted molar refractivity (Wildman–Crippen MR) is 172 cm³/mol. The van der Waals surface area contributed by atoms with Gasteiger partial charge in [0.15, 0.2) is 0 Å². The van der Waals surface area contributed by atoms with Crippen LogP contribution in [-0.2, 0) is 13.2 Å². The Morgan fingerprint density at radius 3 is 2.67 bits per heavy atom. The number of aromatic nitrogens is 3. The maximum atomic E-state index is 11.7. The monoisotopic (exact) mass is 623 g/mol. The zero-order valence-electron chi connectivity index (χ0n) is 25.1. The summed E-state index contributed by atoms with van der Waals surface area (Å²) < 4.78 is 13.6. The van der Waals surface area contributed by atoms with Gasteiger partial charge in [-0.1, -0.05) is 29.8 Å². The summed E-state index contributed by atoms with van der Waals surface area (Å²) in [5.41, 5.74) is 5.05. The van der Waals surface area contributed by atoms with E-state index in [4.69, 9.17) is 31.0 Å². The molecule has 230 valence electrons. The molecular weight excluding hydrogens is 590 g/mol. The molecule has 0 unspecified atom stereocenters. The number of carbonyl (C=O) groups is 1. The van der Waals surface area contributed by atoms with Crippen LogP contribution >= 0.6 is 11.6 Å². The topological polar surface area (TPSA) is 113 Å². The van der Waals surface area contributed by atoms with Crippen LogP contribution in [-0.4, -0.2) is 45.8 Å². The Kier molecular flexibility index (Phi) is 7.41. The number of carboxylic acid groups (broad SMARTS) is 1. The second kappa shape index (κ2) is 11.4. The van der Waals surface area contributed by atoms with Gasteiger partial charge in [-0.15, -0.1) is 0 Å². The van der Waals surface area contributed by atoms with E-state index in [0.717, 1.165) is 73.4 Å². The lowest BCUT2D eigenvalue weighted by molar-refractivity contribution is 0.0697. The van der Waals surface area contributed by atoms with Crippen LogP contribution in [0.5, 0.6) is 11.6 Å². The number of allylic oxidation sites excluding steroid dienone is 2. The van der Waals surface area contributed by atoms with Crippen molar-refractivity contribution in [2.45, 2.75) is 51.7 Å². The van der Waals surface area contributed by atoms with Crippen molar-refractivity contribution in [1.29, 1.82) is 5.26 Å². The van der Waals surface area contributed by atoms with E-state index in [9.17, 15) is 15.2 Å². The van der Waals surface area contributed by atoms with Gasteiger partial charge in [0.05, 0.1) is 35.5 Å². The summed E-state index contributed by atoms with van der Waals surface area (Å²) in [4.78, 5) is 23.8. The van der Waals surface area contributed by atoms with Crippen molar-refractivity contribution in [2.24, 2.45) is 10.8 Å². The fraction of sp³-hybridized carbons (Fsp3) is 0.371. The van der Waals surface area contributed by atoms with Gasteiger partial charge in [0.1, 0.15) is 12.4 Å². The molecule has 3 heterocycles. The van der Waals surface area contributed by atoms with Crippen molar-refractivity contribution in [3.63, 3.8) is 0 Å². The first kappa shape index (κ1) is 29.2. The highest BCUT2D eigenvalue weighted by Gasteiger charge is 2.47. The second-order valence-corrected chi connectivity index (χ2v) is 13.2. The third kappa shape index (κ3) is 5.71. The smallest absolute Gasteiger partial charge is 0.335 e. The number of hydrogen-bond acceptors (Lipinski definition) is 7. The summed E-state index contributed by atoms with van der Waals surface area (Å²) >= 11 is 6.09. The average molecular weight is 624 g/mol. The first-order valence-corrected chi connectivity index (χ1v) is 15.6. The molecule has 1 spiro atoms. The zero-order valence-corrected chi connectivity index (χ0v) is 25.9. The molecule has 3 aliphatic rings. The highest BCUT2D eigenvalue weighted by atomic mass is 35.5. The SMILES string of the molecule is COc1cc(Cl)ccc1COc1cccc(C2=CCC3(CC2)CN(c2nc4ccc(C(=O)O)cc4n2CC2(CC#N)CC2)C3)n1. The number of halogens is 1. The maximum Gasteiger partial charge on any atom is 0.335 e. The van der Waals surface area contributed by atoms with E-state index in [0.29, 0.717) is 36.2 Å². The number of ether oxygens (including phenoxy) is 2. The van der Waals surface area contributed by atoms with E-state index in [1.165, 1.54) is 5.57 Å². The third-order valence-electron chi connectivity index (χ3n) is 9.60. The van der Waals surface area contributed by atoms with Crippen LogP contribution in [0.15, 0.2) is 60.7 Å². The molecule has 0 amide bonds.